The first kappa shape index (κ1) is 21.5. The Kier molecular flexibility index (Phi) is 7.40. The molecule has 3 aromatic rings. The summed E-state index contributed by atoms with van der Waals surface area (Å²) in [6.45, 7) is 4.71. The smallest absolute Gasteiger partial charge is 0.252 e. The number of carbonyl (C=O) groups is 2. The molecule has 0 atom stereocenters. The summed E-state index contributed by atoms with van der Waals surface area (Å²) in [5.41, 5.74) is 1.43. The standard InChI is InChI=1S/C18H19BrN6O2S2/c1-3-25-14(8-20-16(27)12-6-4-5-7-13(12)19)23-24-18(25)29-10-15(26)22-17-21-11(2)9-28-17/h4-7,9H,3,8,10H2,1-2H3,(H,20,27)(H,21,22,26). The zero-order valence-corrected chi connectivity index (χ0v) is 19.0. The molecule has 0 aliphatic rings. The van der Waals surface area contributed by atoms with Gasteiger partial charge < -0.3 is 15.2 Å². The highest BCUT2D eigenvalue weighted by Crippen LogP contribution is 2.20. The molecule has 0 aliphatic heterocycles. The maximum Gasteiger partial charge on any atom is 0.252 e. The van der Waals surface area contributed by atoms with Gasteiger partial charge in [-0.15, -0.1) is 21.5 Å². The minimum atomic E-state index is -0.199. The van der Waals surface area contributed by atoms with Crippen LogP contribution in [-0.2, 0) is 17.9 Å². The number of thioether (sulfide) groups is 1. The Hall–Kier alpha value is -2.24. The number of hydrogen-bond donors (Lipinski definition) is 2. The first-order chi connectivity index (χ1) is 14.0. The molecule has 3 rings (SSSR count). The normalized spacial score (nSPS) is 10.7. The van der Waals surface area contributed by atoms with Gasteiger partial charge >= 0.3 is 0 Å². The van der Waals surface area contributed by atoms with E-state index in [9.17, 15) is 9.59 Å². The Morgan fingerprint density at radius 2 is 2.07 bits per heavy atom. The number of aromatic nitrogens is 4. The van der Waals surface area contributed by atoms with E-state index >= 15 is 0 Å². The number of rotatable bonds is 8. The summed E-state index contributed by atoms with van der Waals surface area (Å²) in [4.78, 5) is 28.7. The molecule has 8 nitrogen and oxygen atoms in total. The van der Waals surface area contributed by atoms with Crippen LogP contribution in [0.3, 0.4) is 0 Å². The van der Waals surface area contributed by atoms with E-state index in [0.29, 0.717) is 28.2 Å². The largest absolute Gasteiger partial charge is 0.345 e. The quantitative estimate of drug-likeness (QED) is 0.464. The summed E-state index contributed by atoms with van der Waals surface area (Å²) in [6.07, 6.45) is 0. The molecule has 2 amide bonds. The number of halogens is 1. The van der Waals surface area contributed by atoms with Crippen molar-refractivity contribution >= 4 is 56.0 Å². The summed E-state index contributed by atoms with van der Waals surface area (Å²) < 4.78 is 2.61. The Morgan fingerprint density at radius 3 is 2.76 bits per heavy atom. The van der Waals surface area contributed by atoms with Crippen molar-refractivity contribution in [1.82, 2.24) is 25.1 Å². The number of anilines is 1. The van der Waals surface area contributed by atoms with Crippen LogP contribution in [0.25, 0.3) is 0 Å². The predicted octanol–water partition coefficient (Wildman–Crippen LogP) is 3.49. The summed E-state index contributed by atoms with van der Waals surface area (Å²) in [5.74, 6) is 0.473. The van der Waals surface area contributed by atoms with E-state index < -0.39 is 0 Å². The van der Waals surface area contributed by atoms with Crippen molar-refractivity contribution in [2.24, 2.45) is 0 Å². The molecule has 0 saturated heterocycles. The van der Waals surface area contributed by atoms with E-state index in [-0.39, 0.29) is 24.1 Å². The van der Waals surface area contributed by atoms with Crippen LogP contribution in [-0.4, -0.2) is 37.3 Å². The highest BCUT2D eigenvalue weighted by Gasteiger charge is 2.15. The van der Waals surface area contributed by atoms with Crippen molar-refractivity contribution in [3.05, 3.63) is 51.2 Å². The molecule has 0 aliphatic carbocycles. The van der Waals surface area contributed by atoms with Gasteiger partial charge in [0.15, 0.2) is 16.1 Å². The van der Waals surface area contributed by atoms with Crippen molar-refractivity contribution in [1.29, 1.82) is 0 Å². The van der Waals surface area contributed by atoms with Crippen LogP contribution in [0.5, 0.6) is 0 Å². The van der Waals surface area contributed by atoms with Crippen LogP contribution in [0.2, 0.25) is 0 Å². The van der Waals surface area contributed by atoms with Crippen LogP contribution in [0.1, 0.15) is 28.8 Å². The van der Waals surface area contributed by atoms with E-state index in [1.165, 1.54) is 23.1 Å². The predicted molar refractivity (Wildman–Crippen MR) is 117 cm³/mol. The van der Waals surface area contributed by atoms with Crippen LogP contribution in [0.15, 0.2) is 39.3 Å². The van der Waals surface area contributed by atoms with E-state index in [4.69, 9.17) is 0 Å². The molecule has 29 heavy (non-hydrogen) atoms. The molecule has 1 aromatic carbocycles. The Labute approximate surface area is 184 Å². The SMILES string of the molecule is CCn1c(CNC(=O)c2ccccc2Br)nnc1SCC(=O)Nc1nc(C)cs1. The van der Waals surface area contributed by atoms with Crippen molar-refractivity contribution in [3.63, 3.8) is 0 Å². The van der Waals surface area contributed by atoms with Gasteiger partial charge in [-0.2, -0.15) is 0 Å². The fraction of sp³-hybridized carbons (Fsp3) is 0.278. The molecule has 0 saturated carbocycles. The highest BCUT2D eigenvalue weighted by atomic mass is 79.9. The lowest BCUT2D eigenvalue weighted by Gasteiger charge is -2.09. The molecular weight excluding hydrogens is 476 g/mol. The van der Waals surface area contributed by atoms with E-state index in [1.807, 2.05) is 35.9 Å². The van der Waals surface area contributed by atoms with Crippen molar-refractivity contribution < 1.29 is 9.59 Å². The van der Waals surface area contributed by atoms with Gasteiger partial charge in [-0.3, -0.25) is 9.59 Å². The summed E-state index contributed by atoms with van der Waals surface area (Å²) in [6, 6.07) is 7.22. The third-order valence-electron chi connectivity index (χ3n) is 3.83. The number of nitrogens with one attached hydrogen (secondary N) is 2. The minimum absolute atomic E-state index is 0.154. The van der Waals surface area contributed by atoms with Gasteiger partial charge in [-0.25, -0.2) is 4.98 Å². The van der Waals surface area contributed by atoms with Gasteiger partial charge in [-0.05, 0) is 41.9 Å². The zero-order valence-electron chi connectivity index (χ0n) is 15.8. The lowest BCUT2D eigenvalue weighted by atomic mass is 10.2. The van der Waals surface area contributed by atoms with E-state index in [2.05, 4.69) is 41.7 Å². The van der Waals surface area contributed by atoms with Gasteiger partial charge in [0.1, 0.15) is 0 Å². The lowest BCUT2D eigenvalue weighted by Crippen LogP contribution is -2.25. The number of hydrogen-bond acceptors (Lipinski definition) is 7. The molecule has 0 spiro atoms. The van der Waals surface area contributed by atoms with Crippen molar-refractivity contribution in [3.8, 4) is 0 Å². The molecule has 2 aromatic heterocycles. The van der Waals surface area contributed by atoms with Gasteiger partial charge in [0.25, 0.3) is 5.91 Å². The molecule has 152 valence electrons. The summed E-state index contributed by atoms with van der Waals surface area (Å²) in [7, 11) is 0. The second-order valence-corrected chi connectivity index (χ2v) is 8.59. The van der Waals surface area contributed by atoms with Gasteiger partial charge in [0, 0.05) is 16.4 Å². The second kappa shape index (κ2) is 9.99. The molecule has 0 fully saturated rings. The number of nitrogens with zero attached hydrogens (tertiary/aromatic N) is 4. The Balaban J connectivity index is 1.57. The van der Waals surface area contributed by atoms with Gasteiger partial charge in [-0.1, -0.05) is 23.9 Å². The average Bonchev–Trinajstić information content (AvgIpc) is 3.30. The Morgan fingerprint density at radius 1 is 1.28 bits per heavy atom. The minimum Gasteiger partial charge on any atom is -0.345 e. The third kappa shape index (κ3) is 5.64. The average molecular weight is 495 g/mol. The molecule has 0 bridgehead atoms. The maximum absolute atomic E-state index is 12.4. The second-order valence-electron chi connectivity index (χ2n) is 5.94. The topological polar surface area (TPSA) is 102 Å². The van der Waals surface area contributed by atoms with Crippen LogP contribution in [0.4, 0.5) is 5.13 Å². The highest BCUT2D eigenvalue weighted by molar-refractivity contribution is 9.10. The summed E-state index contributed by atoms with van der Waals surface area (Å²) >= 11 is 6.06. The van der Waals surface area contributed by atoms with Crippen LogP contribution >= 0.6 is 39.0 Å². The zero-order chi connectivity index (χ0) is 20.8. The third-order valence-corrected chi connectivity index (χ3v) is 6.37. The van der Waals surface area contributed by atoms with Crippen LogP contribution in [0, 0.1) is 6.92 Å². The molecule has 2 N–H and O–H groups in total. The molecule has 0 radical (unpaired) electrons. The summed E-state index contributed by atoms with van der Waals surface area (Å²) in [5, 5.41) is 17.0. The first-order valence-corrected chi connectivity index (χ1v) is 11.4. The number of benzene rings is 1. The number of aryl methyl sites for hydroxylation is 1. The molecule has 2 heterocycles. The molecule has 0 unspecified atom stereocenters. The van der Waals surface area contributed by atoms with Crippen molar-refractivity contribution in [2.75, 3.05) is 11.1 Å². The van der Waals surface area contributed by atoms with E-state index in [0.717, 1.165) is 10.2 Å². The molecule has 11 heteroatoms. The molecular formula is C18H19BrN6O2S2. The fourth-order valence-corrected chi connectivity index (χ4v) is 4.46. The maximum atomic E-state index is 12.4. The number of carbonyl (C=O) groups excluding carboxylic acids is 2. The van der Waals surface area contributed by atoms with Crippen molar-refractivity contribution in [2.45, 2.75) is 32.1 Å². The first-order valence-electron chi connectivity index (χ1n) is 8.77. The van der Waals surface area contributed by atoms with Gasteiger partial charge in [0.2, 0.25) is 5.91 Å². The fourth-order valence-electron chi connectivity index (χ4n) is 2.47. The van der Waals surface area contributed by atoms with Gasteiger partial charge in [0.05, 0.1) is 23.6 Å². The van der Waals surface area contributed by atoms with E-state index in [1.54, 1.807) is 12.1 Å². The monoisotopic (exact) mass is 494 g/mol. The number of amides is 2. The Bertz CT molecular complexity index is 1020. The lowest BCUT2D eigenvalue weighted by molar-refractivity contribution is -0.113. The number of thiazole rings is 1. The van der Waals surface area contributed by atoms with Crippen LogP contribution < -0.4 is 10.6 Å².